The van der Waals surface area contributed by atoms with Gasteiger partial charge in [-0.1, -0.05) is 36.4 Å². The molecule has 36 heavy (non-hydrogen) atoms. The Bertz CT molecular complexity index is 979. The number of carbonyl (C=O) groups excluding carboxylic acids is 1. The van der Waals surface area contributed by atoms with Gasteiger partial charge in [0.15, 0.2) is 0 Å². The Morgan fingerprint density at radius 1 is 0.722 bits per heavy atom. The second-order valence-corrected chi connectivity index (χ2v) is 10.8. The monoisotopic (exact) mass is 507 g/mol. The van der Waals surface area contributed by atoms with E-state index in [2.05, 4.69) is 39.8 Å². The number of nitrogens with one attached hydrogen (secondary N) is 2. The number of hydrogen-bond donors (Lipinski definition) is 2. The molecule has 2 N–H and O–H groups in total. The van der Waals surface area contributed by atoms with Crippen molar-refractivity contribution in [3.8, 4) is 0 Å². The standard InChI is InChI=1S/C28H37N3O4Si/c1-4-33-36(34-5-2,35-6-3)23-13-22-29-28(32)30-24-18-20-27(21-19-24)31(25-14-9-7-10-15-25)26-16-11-8-12-17-26/h7-12,14-21H,4-6,13,22-23H2,1-3H3,(H2,29,30,32). The lowest BCUT2D eigenvalue weighted by Crippen LogP contribution is -2.46. The van der Waals surface area contributed by atoms with Gasteiger partial charge in [-0.2, -0.15) is 0 Å². The van der Waals surface area contributed by atoms with Crippen LogP contribution in [0.25, 0.3) is 0 Å². The number of urea groups is 1. The lowest BCUT2D eigenvalue weighted by Gasteiger charge is -2.28. The summed E-state index contributed by atoms with van der Waals surface area (Å²) in [5.74, 6) is 0. The number of amides is 2. The normalized spacial score (nSPS) is 11.2. The Kier molecular flexibility index (Phi) is 11.0. The minimum absolute atomic E-state index is 0.248. The van der Waals surface area contributed by atoms with E-state index in [4.69, 9.17) is 13.3 Å². The smallest absolute Gasteiger partial charge is 0.374 e. The van der Waals surface area contributed by atoms with Gasteiger partial charge in [-0.25, -0.2) is 4.79 Å². The van der Waals surface area contributed by atoms with Crippen molar-refractivity contribution in [3.05, 3.63) is 84.9 Å². The third-order valence-electron chi connectivity index (χ3n) is 5.45. The summed E-state index contributed by atoms with van der Waals surface area (Å²) in [5, 5.41) is 5.82. The van der Waals surface area contributed by atoms with E-state index in [0.29, 0.717) is 38.8 Å². The number of benzene rings is 3. The first-order valence-corrected chi connectivity index (χ1v) is 14.5. The fourth-order valence-corrected chi connectivity index (χ4v) is 6.59. The van der Waals surface area contributed by atoms with Gasteiger partial charge in [-0.05, 0) is 75.7 Å². The van der Waals surface area contributed by atoms with Crippen molar-refractivity contribution in [2.24, 2.45) is 0 Å². The molecule has 192 valence electrons. The van der Waals surface area contributed by atoms with Crippen LogP contribution in [0.15, 0.2) is 84.9 Å². The molecule has 0 aliphatic heterocycles. The summed E-state index contributed by atoms with van der Waals surface area (Å²) in [6.45, 7) is 7.95. The fraction of sp³-hybridized carbons (Fsp3) is 0.321. The van der Waals surface area contributed by atoms with E-state index in [0.717, 1.165) is 22.7 Å². The van der Waals surface area contributed by atoms with Crippen LogP contribution in [-0.2, 0) is 13.3 Å². The Morgan fingerprint density at radius 2 is 1.19 bits per heavy atom. The quantitative estimate of drug-likeness (QED) is 0.187. The molecule has 0 aromatic heterocycles. The van der Waals surface area contributed by atoms with E-state index in [1.165, 1.54) is 0 Å². The second-order valence-electron chi connectivity index (χ2n) is 8.02. The molecule has 0 atom stereocenters. The van der Waals surface area contributed by atoms with Gasteiger partial charge in [-0.15, -0.1) is 0 Å². The van der Waals surface area contributed by atoms with Gasteiger partial charge in [0.1, 0.15) is 0 Å². The highest BCUT2D eigenvalue weighted by Gasteiger charge is 2.39. The highest BCUT2D eigenvalue weighted by atomic mass is 28.4. The molecule has 7 nitrogen and oxygen atoms in total. The van der Waals surface area contributed by atoms with Crippen LogP contribution in [0, 0.1) is 0 Å². The first kappa shape index (κ1) is 27.4. The first-order chi connectivity index (χ1) is 17.6. The summed E-state index contributed by atoms with van der Waals surface area (Å²) in [5.41, 5.74) is 3.85. The SMILES string of the molecule is CCO[Si](CCCNC(=O)Nc1ccc(N(c2ccccc2)c2ccccc2)cc1)(OCC)OCC. The van der Waals surface area contributed by atoms with Gasteiger partial charge in [0.2, 0.25) is 0 Å². The Labute approximate surface area is 215 Å². The lowest BCUT2D eigenvalue weighted by atomic mass is 10.2. The highest BCUT2D eigenvalue weighted by Crippen LogP contribution is 2.34. The molecule has 8 heteroatoms. The molecule has 3 rings (SSSR count). The minimum Gasteiger partial charge on any atom is -0.374 e. The molecule has 0 unspecified atom stereocenters. The number of hydrogen-bond acceptors (Lipinski definition) is 5. The maximum absolute atomic E-state index is 12.5. The molecular formula is C28H37N3O4Si. The molecule has 0 spiro atoms. The molecule has 0 aliphatic carbocycles. The van der Waals surface area contributed by atoms with Gasteiger partial charge in [0.05, 0.1) is 0 Å². The van der Waals surface area contributed by atoms with Crippen LogP contribution in [-0.4, -0.2) is 41.2 Å². The van der Waals surface area contributed by atoms with Crippen LogP contribution in [0.1, 0.15) is 27.2 Å². The lowest BCUT2D eigenvalue weighted by molar-refractivity contribution is 0.0708. The zero-order valence-corrected chi connectivity index (χ0v) is 22.4. The van der Waals surface area contributed by atoms with E-state index in [1.54, 1.807) is 0 Å². The first-order valence-electron chi connectivity index (χ1n) is 12.6. The van der Waals surface area contributed by atoms with Gasteiger partial charge in [0, 0.05) is 55.2 Å². The maximum atomic E-state index is 12.5. The van der Waals surface area contributed by atoms with Crippen LogP contribution in [0.3, 0.4) is 0 Å². The van der Waals surface area contributed by atoms with Crippen LogP contribution < -0.4 is 15.5 Å². The number of anilines is 4. The van der Waals surface area contributed by atoms with Crippen molar-refractivity contribution in [1.82, 2.24) is 5.32 Å². The molecule has 0 fully saturated rings. The van der Waals surface area contributed by atoms with Crippen molar-refractivity contribution in [2.75, 3.05) is 36.6 Å². The largest absolute Gasteiger partial charge is 0.500 e. The van der Waals surface area contributed by atoms with Crippen LogP contribution in [0.4, 0.5) is 27.5 Å². The van der Waals surface area contributed by atoms with Gasteiger partial charge in [-0.3, -0.25) is 0 Å². The Hall–Kier alpha value is -3.17. The van der Waals surface area contributed by atoms with E-state index < -0.39 is 8.80 Å². The third-order valence-corrected chi connectivity index (χ3v) is 8.60. The van der Waals surface area contributed by atoms with Crippen LogP contribution >= 0.6 is 0 Å². The van der Waals surface area contributed by atoms with E-state index in [1.807, 2.05) is 81.4 Å². The summed E-state index contributed by atoms with van der Waals surface area (Å²) < 4.78 is 17.6. The zero-order valence-electron chi connectivity index (χ0n) is 21.4. The van der Waals surface area contributed by atoms with Crippen molar-refractivity contribution < 1.29 is 18.1 Å². The third kappa shape index (κ3) is 7.92. The fourth-order valence-electron chi connectivity index (χ4n) is 3.98. The van der Waals surface area contributed by atoms with Gasteiger partial charge in [0.25, 0.3) is 0 Å². The minimum atomic E-state index is -2.69. The Morgan fingerprint density at radius 3 is 1.67 bits per heavy atom. The topological polar surface area (TPSA) is 72.1 Å². The molecule has 0 saturated heterocycles. The van der Waals surface area contributed by atoms with Gasteiger partial charge < -0.3 is 28.8 Å². The van der Waals surface area contributed by atoms with Crippen molar-refractivity contribution in [1.29, 1.82) is 0 Å². The number of rotatable bonds is 14. The average molecular weight is 508 g/mol. The molecule has 0 saturated carbocycles. The molecule has 0 aliphatic rings. The summed E-state index contributed by atoms with van der Waals surface area (Å²) >= 11 is 0. The van der Waals surface area contributed by atoms with Crippen molar-refractivity contribution >= 4 is 37.6 Å². The number of para-hydroxylation sites is 2. The summed E-state index contributed by atoms with van der Waals surface area (Å²) in [7, 11) is -2.69. The van der Waals surface area contributed by atoms with Crippen molar-refractivity contribution in [2.45, 2.75) is 33.2 Å². The average Bonchev–Trinajstić information content (AvgIpc) is 2.90. The van der Waals surface area contributed by atoms with E-state index in [9.17, 15) is 4.79 Å². The van der Waals surface area contributed by atoms with Gasteiger partial charge >= 0.3 is 14.8 Å². The maximum Gasteiger partial charge on any atom is 0.500 e. The summed E-state index contributed by atoms with van der Waals surface area (Å²) in [6, 6.07) is 28.6. The molecule has 0 bridgehead atoms. The molecule has 3 aromatic carbocycles. The van der Waals surface area contributed by atoms with Crippen molar-refractivity contribution in [3.63, 3.8) is 0 Å². The van der Waals surface area contributed by atoms with E-state index >= 15 is 0 Å². The van der Waals surface area contributed by atoms with E-state index in [-0.39, 0.29) is 6.03 Å². The summed E-state index contributed by atoms with van der Waals surface area (Å²) in [4.78, 5) is 14.6. The number of nitrogens with zero attached hydrogens (tertiary/aromatic N) is 1. The predicted molar refractivity (Wildman–Crippen MR) is 148 cm³/mol. The second kappa shape index (κ2) is 14.4. The summed E-state index contributed by atoms with van der Waals surface area (Å²) in [6.07, 6.45) is 0.710. The Balaban J connectivity index is 1.57. The van der Waals surface area contributed by atoms with Crippen LogP contribution in [0.5, 0.6) is 0 Å². The molecule has 3 aromatic rings. The van der Waals surface area contributed by atoms with Crippen LogP contribution in [0.2, 0.25) is 6.04 Å². The molecule has 0 radical (unpaired) electrons. The molecular weight excluding hydrogens is 470 g/mol. The zero-order chi connectivity index (χ0) is 25.6. The number of carbonyl (C=O) groups is 1. The molecule has 0 heterocycles. The molecule has 2 amide bonds. The predicted octanol–water partition coefficient (Wildman–Crippen LogP) is 6.72. The highest BCUT2D eigenvalue weighted by molar-refractivity contribution is 6.60.